The molecule has 1 aliphatic carbocycles. The number of para-hydroxylation sites is 1. The summed E-state index contributed by atoms with van der Waals surface area (Å²) in [6.07, 6.45) is 4.34. The van der Waals surface area contributed by atoms with Crippen LogP contribution >= 0.6 is 46.3 Å². The molecule has 2 aromatic heterocycles. The summed E-state index contributed by atoms with van der Waals surface area (Å²) in [6, 6.07) is 15.4. The zero-order chi connectivity index (χ0) is 20.7. The van der Waals surface area contributed by atoms with Crippen molar-refractivity contribution in [3.63, 3.8) is 0 Å². The summed E-state index contributed by atoms with van der Waals surface area (Å²) in [6.45, 7) is 0. The Hall–Kier alpha value is -1.79. The number of thioether (sulfide) groups is 1. The third-order valence-corrected chi connectivity index (χ3v) is 8.26. The molecule has 3 nitrogen and oxygen atoms in total. The predicted octanol–water partition coefficient (Wildman–Crippen LogP) is 6.93. The normalized spacial score (nSPS) is 13.5. The maximum atomic E-state index is 13.7. The second-order valence-electron chi connectivity index (χ2n) is 7.30. The van der Waals surface area contributed by atoms with Crippen molar-refractivity contribution >= 4 is 56.5 Å². The minimum atomic E-state index is 0.0299. The summed E-state index contributed by atoms with van der Waals surface area (Å²) in [7, 11) is 0. The van der Waals surface area contributed by atoms with E-state index in [0.29, 0.717) is 21.0 Å². The Morgan fingerprint density at radius 2 is 1.83 bits per heavy atom. The highest BCUT2D eigenvalue weighted by molar-refractivity contribution is 7.98. The topological polar surface area (TPSA) is 34.9 Å². The molecule has 30 heavy (non-hydrogen) atoms. The van der Waals surface area contributed by atoms with Crippen LogP contribution in [0.3, 0.4) is 0 Å². The van der Waals surface area contributed by atoms with Crippen LogP contribution in [0.15, 0.2) is 58.5 Å². The molecule has 0 saturated carbocycles. The first-order valence-electron chi connectivity index (χ1n) is 9.81. The van der Waals surface area contributed by atoms with E-state index >= 15 is 0 Å². The molecule has 2 aromatic carbocycles. The molecule has 0 bridgehead atoms. The number of benzene rings is 2. The van der Waals surface area contributed by atoms with E-state index in [1.165, 1.54) is 16.9 Å². The van der Waals surface area contributed by atoms with E-state index in [2.05, 4.69) is 0 Å². The van der Waals surface area contributed by atoms with E-state index < -0.39 is 0 Å². The SMILES string of the molecule is O=c1c2c3c(sc2nc(SCc2ccc(Cl)c(Cl)c2)n1-c1ccccc1)CCCC3. The number of aryl methyl sites for hydroxylation is 2. The quantitative estimate of drug-likeness (QED) is 0.238. The van der Waals surface area contributed by atoms with Gasteiger partial charge in [-0.25, -0.2) is 4.98 Å². The van der Waals surface area contributed by atoms with E-state index in [1.54, 1.807) is 33.7 Å². The maximum Gasteiger partial charge on any atom is 0.267 e. The summed E-state index contributed by atoms with van der Waals surface area (Å²) in [5.41, 5.74) is 3.12. The number of hydrogen-bond donors (Lipinski definition) is 0. The summed E-state index contributed by atoms with van der Waals surface area (Å²) in [5.74, 6) is 0.646. The average Bonchev–Trinajstić information content (AvgIpc) is 3.14. The number of fused-ring (bicyclic) bond motifs is 3. The molecular formula is C23H18Cl2N2OS2. The van der Waals surface area contributed by atoms with Gasteiger partial charge in [0.25, 0.3) is 5.56 Å². The molecule has 0 fully saturated rings. The summed E-state index contributed by atoms with van der Waals surface area (Å²) in [4.78, 5) is 20.8. The molecule has 1 aliphatic rings. The number of hydrogen-bond acceptors (Lipinski definition) is 4. The first kappa shape index (κ1) is 20.1. The molecule has 0 N–H and O–H groups in total. The van der Waals surface area contributed by atoms with Crippen LogP contribution < -0.4 is 5.56 Å². The second kappa shape index (κ2) is 8.39. The van der Waals surface area contributed by atoms with Gasteiger partial charge in [-0.1, -0.05) is 59.2 Å². The van der Waals surface area contributed by atoms with Gasteiger partial charge in [0.2, 0.25) is 0 Å². The molecule has 0 unspecified atom stereocenters. The Morgan fingerprint density at radius 1 is 1.03 bits per heavy atom. The van der Waals surface area contributed by atoms with Crippen LogP contribution in [0.25, 0.3) is 15.9 Å². The van der Waals surface area contributed by atoms with E-state index in [0.717, 1.165) is 40.7 Å². The van der Waals surface area contributed by atoms with Crippen LogP contribution in [0.1, 0.15) is 28.8 Å². The lowest BCUT2D eigenvalue weighted by Crippen LogP contribution is -2.22. The van der Waals surface area contributed by atoms with Crippen molar-refractivity contribution < 1.29 is 0 Å². The van der Waals surface area contributed by atoms with Gasteiger partial charge in [-0.2, -0.15) is 0 Å². The van der Waals surface area contributed by atoms with E-state index in [-0.39, 0.29) is 5.56 Å². The fourth-order valence-corrected chi connectivity index (χ4v) is 6.44. The lowest BCUT2D eigenvalue weighted by atomic mass is 9.97. The van der Waals surface area contributed by atoms with Gasteiger partial charge >= 0.3 is 0 Å². The number of aromatic nitrogens is 2. The molecule has 0 saturated heterocycles. The number of nitrogens with zero attached hydrogens (tertiary/aromatic N) is 2. The van der Waals surface area contributed by atoms with Gasteiger partial charge < -0.3 is 0 Å². The molecule has 0 atom stereocenters. The molecule has 0 amide bonds. The molecule has 0 aliphatic heterocycles. The van der Waals surface area contributed by atoms with Crippen LogP contribution in [0.5, 0.6) is 0 Å². The molecule has 7 heteroatoms. The molecule has 0 spiro atoms. The van der Waals surface area contributed by atoms with Crippen molar-refractivity contribution in [3.05, 3.63) is 84.9 Å². The Balaban J connectivity index is 1.64. The van der Waals surface area contributed by atoms with Crippen LogP contribution in [-0.4, -0.2) is 9.55 Å². The molecule has 4 aromatic rings. The van der Waals surface area contributed by atoms with Gasteiger partial charge in [0.15, 0.2) is 5.16 Å². The van der Waals surface area contributed by atoms with Crippen LogP contribution in [0, 0.1) is 0 Å². The minimum absolute atomic E-state index is 0.0299. The average molecular weight is 473 g/mol. The monoisotopic (exact) mass is 472 g/mol. The van der Waals surface area contributed by atoms with Gasteiger partial charge in [0.05, 0.1) is 21.1 Å². The zero-order valence-electron chi connectivity index (χ0n) is 16.0. The molecule has 0 radical (unpaired) electrons. The first-order valence-corrected chi connectivity index (χ1v) is 12.4. The summed E-state index contributed by atoms with van der Waals surface area (Å²) in [5, 5.41) is 2.57. The Labute approximate surface area is 192 Å². The van der Waals surface area contributed by atoms with Gasteiger partial charge in [-0.3, -0.25) is 9.36 Å². The van der Waals surface area contributed by atoms with Crippen molar-refractivity contribution in [1.29, 1.82) is 0 Å². The van der Waals surface area contributed by atoms with Crippen LogP contribution in [0.4, 0.5) is 0 Å². The van der Waals surface area contributed by atoms with Crippen molar-refractivity contribution in [2.75, 3.05) is 0 Å². The van der Waals surface area contributed by atoms with Crippen molar-refractivity contribution in [1.82, 2.24) is 9.55 Å². The first-order chi connectivity index (χ1) is 14.6. The maximum absolute atomic E-state index is 13.7. The van der Waals surface area contributed by atoms with Gasteiger partial charge in [0, 0.05) is 10.6 Å². The van der Waals surface area contributed by atoms with Crippen LogP contribution in [-0.2, 0) is 18.6 Å². The highest BCUT2D eigenvalue weighted by Gasteiger charge is 2.22. The Kier molecular flexibility index (Phi) is 5.63. The Bertz CT molecular complexity index is 1300. The number of halogens is 2. The van der Waals surface area contributed by atoms with E-state index in [9.17, 15) is 4.79 Å². The molecule has 2 heterocycles. The lowest BCUT2D eigenvalue weighted by molar-refractivity contribution is 0.699. The number of thiophene rings is 1. The van der Waals surface area contributed by atoms with Gasteiger partial charge in [-0.05, 0) is 61.1 Å². The van der Waals surface area contributed by atoms with Crippen molar-refractivity contribution in [3.8, 4) is 5.69 Å². The molecule has 152 valence electrons. The standard InChI is InChI=1S/C23H18Cl2N2OS2/c24-17-11-10-14(12-18(17)25)13-29-23-26-21-20(16-8-4-5-9-19(16)30-21)22(28)27(23)15-6-2-1-3-7-15/h1-3,6-7,10-12H,4-5,8-9,13H2. The third-order valence-electron chi connectivity index (χ3n) is 5.32. The van der Waals surface area contributed by atoms with Gasteiger partial charge in [-0.15, -0.1) is 11.3 Å². The Morgan fingerprint density at radius 3 is 2.63 bits per heavy atom. The highest BCUT2D eigenvalue weighted by atomic mass is 35.5. The fraction of sp³-hybridized carbons (Fsp3) is 0.217. The van der Waals surface area contributed by atoms with Crippen LogP contribution in [0.2, 0.25) is 10.0 Å². The fourth-order valence-electron chi connectivity index (χ4n) is 3.87. The minimum Gasteiger partial charge on any atom is -0.268 e. The molecular weight excluding hydrogens is 455 g/mol. The molecule has 5 rings (SSSR count). The van der Waals surface area contributed by atoms with E-state index in [4.69, 9.17) is 28.2 Å². The smallest absolute Gasteiger partial charge is 0.267 e. The van der Waals surface area contributed by atoms with Crippen molar-refractivity contribution in [2.45, 2.75) is 36.6 Å². The third kappa shape index (κ3) is 3.69. The predicted molar refractivity (Wildman–Crippen MR) is 128 cm³/mol. The van der Waals surface area contributed by atoms with Gasteiger partial charge in [0.1, 0.15) is 4.83 Å². The van der Waals surface area contributed by atoms with E-state index in [1.807, 2.05) is 42.5 Å². The highest BCUT2D eigenvalue weighted by Crippen LogP contribution is 2.36. The largest absolute Gasteiger partial charge is 0.268 e. The number of rotatable bonds is 4. The van der Waals surface area contributed by atoms with Crippen molar-refractivity contribution in [2.24, 2.45) is 0 Å². The second-order valence-corrected chi connectivity index (χ2v) is 10.1. The summed E-state index contributed by atoms with van der Waals surface area (Å²) < 4.78 is 1.76. The summed E-state index contributed by atoms with van der Waals surface area (Å²) >= 11 is 15.4. The lowest BCUT2D eigenvalue weighted by Gasteiger charge is -2.13. The zero-order valence-corrected chi connectivity index (χ0v) is 19.2.